The summed E-state index contributed by atoms with van der Waals surface area (Å²) >= 11 is 0. The van der Waals surface area contributed by atoms with Crippen LogP contribution in [-0.2, 0) is 47.8 Å². The highest BCUT2D eigenvalue weighted by Crippen LogP contribution is 2.38. The van der Waals surface area contributed by atoms with Crippen LogP contribution in [0, 0.1) is 10.8 Å². The van der Waals surface area contributed by atoms with Gasteiger partial charge < -0.3 is 61.0 Å². The van der Waals surface area contributed by atoms with Crippen molar-refractivity contribution in [2.45, 2.75) is 129 Å². The predicted octanol–water partition coefficient (Wildman–Crippen LogP) is 0.354. The number of likely N-dealkylation sites (tertiary alicyclic amines) is 4. The van der Waals surface area contributed by atoms with Gasteiger partial charge in [-0.3, -0.25) is 49.0 Å². The smallest absolute Gasteiger partial charge is 0.412 e. The summed E-state index contributed by atoms with van der Waals surface area (Å²) < 4.78 is 11.8. The zero-order chi connectivity index (χ0) is 55.8. The first-order valence-corrected chi connectivity index (χ1v) is 25.6. The molecule has 0 spiro atoms. The van der Waals surface area contributed by atoms with Gasteiger partial charge in [0.25, 0.3) is 0 Å². The molecular weight excluding hydrogens is 985 g/mol. The Bertz CT molecular complexity index is 2320. The third-order valence-corrected chi connectivity index (χ3v) is 14.4. The molecule has 0 saturated carbocycles. The number of benzene rings is 2. The van der Waals surface area contributed by atoms with E-state index in [4.69, 9.17) is 9.47 Å². The fourth-order valence-electron chi connectivity index (χ4n) is 10.1. The lowest BCUT2D eigenvalue weighted by molar-refractivity contribution is -0.142. The number of carbonyl (C=O) groups excluding carboxylic acids is 10. The fraction of sp³-hybridized carbons (Fsp3) is 0.577. The second-order valence-electron chi connectivity index (χ2n) is 21.7. The Balaban J connectivity index is 1.11. The van der Waals surface area contributed by atoms with Gasteiger partial charge in [-0.25, -0.2) is 9.59 Å². The third-order valence-electron chi connectivity index (χ3n) is 14.4. The first-order chi connectivity index (χ1) is 35.8. The van der Waals surface area contributed by atoms with Gasteiger partial charge in [0, 0.05) is 24.5 Å². The molecule has 0 aromatic heterocycles. The maximum absolute atomic E-state index is 14.4. The number of fused-ring (bicyclic) bond motifs is 2. The van der Waals surface area contributed by atoms with Gasteiger partial charge in [-0.05, 0) is 75.9 Å². The van der Waals surface area contributed by atoms with Crippen molar-refractivity contribution in [2.24, 2.45) is 10.8 Å². The van der Waals surface area contributed by atoms with Crippen molar-refractivity contribution in [1.82, 2.24) is 51.5 Å². The number of nitrogens with zero attached hydrogens (tertiary/aromatic N) is 4. The maximum atomic E-state index is 14.4. The Morgan fingerprint density at radius 3 is 1.20 bits per heavy atom. The van der Waals surface area contributed by atoms with Gasteiger partial charge in [-0.15, -0.1) is 0 Å². The molecule has 4 aliphatic rings. The molecule has 6 rings (SSSR count). The molecule has 4 aliphatic heterocycles. The van der Waals surface area contributed by atoms with Crippen molar-refractivity contribution < 1.29 is 57.4 Å². The average Bonchev–Trinajstić information content (AvgIpc) is 4.17. The lowest BCUT2D eigenvalue weighted by atomic mass is 9.85. The van der Waals surface area contributed by atoms with Gasteiger partial charge in [0.15, 0.2) is 0 Å². The Kier molecular flexibility index (Phi) is 18.7. The Morgan fingerprint density at radius 2 is 0.882 bits per heavy atom. The van der Waals surface area contributed by atoms with E-state index in [1.54, 1.807) is 88.6 Å². The number of hydrogen-bond donors (Lipinski definition) is 8. The summed E-state index contributed by atoms with van der Waals surface area (Å²) in [5.41, 5.74) is -0.611. The quantitative estimate of drug-likeness (QED) is 0.105. The molecular formula is C52H74N12O12. The lowest BCUT2D eigenvalue weighted by Crippen LogP contribution is -2.59. The van der Waals surface area contributed by atoms with E-state index in [0.717, 1.165) is 0 Å². The SMILES string of the molecule is CN[C@@H](C)C(=O)N[C@H](C(=O)N1CC[C@@H]2[C@H]1[C@@H](OC(=O)Nc1ccccc1)CN2C(=O)CNC(=O)C(=O)NCC(=O)N1C[C@H](OC(=O)Nc2ccccc2)[C@@H]2[C@H]1CCN2C(=O)[C@@H](NC(=O)[C@H](C)NC)C(C)(C)C)C(C)(C)C. The van der Waals surface area contributed by atoms with Gasteiger partial charge in [0.2, 0.25) is 35.4 Å². The summed E-state index contributed by atoms with van der Waals surface area (Å²) in [5, 5.41) is 21.4. The second kappa shape index (κ2) is 24.6. The number of amides is 10. The molecule has 24 nitrogen and oxygen atoms in total. The summed E-state index contributed by atoms with van der Waals surface area (Å²) in [5.74, 6) is -5.41. The van der Waals surface area contributed by atoms with Gasteiger partial charge in [-0.2, -0.15) is 0 Å². The zero-order valence-electron chi connectivity index (χ0n) is 44.9. The molecule has 2 aromatic carbocycles. The van der Waals surface area contributed by atoms with Crippen LogP contribution in [0.3, 0.4) is 0 Å². The summed E-state index contributed by atoms with van der Waals surface area (Å²) in [4.78, 5) is 142. The van der Waals surface area contributed by atoms with Gasteiger partial charge in [0.1, 0.15) is 24.3 Å². The molecule has 10 atom stereocenters. The highest BCUT2D eigenvalue weighted by atomic mass is 16.6. The minimum absolute atomic E-state index is 0.150. The van der Waals surface area contributed by atoms with Gasteiger partial charge >= 0.3 is 24.0 Å². The van der Waals surface area contributed by atoms with Gasteiger partial charge in [0.05, 0.1) is 62.4 Å². The molecule has 76 heavy (non-hydrogen) atoms. The van der Waals surface area contributed by atoms with Crippen LogP contribution in [-0.4, -0.2) is 193 Å². The van der Waals surface area contributed by atoms with Crippen LogP contribution < -0.4 is 42.5 Å². The number of hydrogen-bond acceptors (Lipinski definition) is 14. The van der Waals surface area contributed by atoms with E-state index in [9.17, 15) is 47.9 Å². The van der Waals surface area contributed by atoms with Crippen LogP contribution >= 0.6 is 0 Å². The second-order valence-corrected chi connectivity index (χ2v) is 21.7. The number of carbonyl (C=O) groups is 10. The molecule has 414 valence electrons. The van der Waals surface area contributed by atoms with E-state index in [1.807, 2.05) is 41.5 Å². The predicted molar refractivity (Wildman–Crippen MR) is 278 cm³/mol. The molecule has 4 heterocycles. The van der Waals surface area contributed by atoms with Crippen molar-refractivity contribution in [1.29, 1.82) is 0 Å². The van der Waals surface area contributed by atoms with Crippen LogP contribution in [0.1, 0.15) is 68.2 Å². The first kappa shape index (κ1) is 57.9. The van der Waals surface area contributed by atoms with Gasteiger partial charge in [-0.1, -0.05) is 77.9 Å². The standard InChI is InChI=1S/C52H74N12O12/c1-29(53-9)43(67)59-41(51(3,4)5)47(71)61-23-21-33-39(61)35(75-49(73)57-31-17-13-11-14-18-31)27-63(33)37(65)25-55-45(69)46(70)56-26-38(66)64-28-36(76-50(74)58-32-19-15-12-16-20-32)40-34(64)22-24-62(40)48(72)42(52(6,7)8)60-44(68)30(2)54-10/h11-20,29-30,33-36,39-42,53-54H,21-28H2,1-10H3,(H,55,69)(H,56,70)(H,57,73)(H,58,74)(H,59,67)(H,60,68)/t29-,30-,33+,34+,35-,36-,39-,40-,41+,42+/m0/s1. The van der Waals surface area contributed by atoms with Crippen LogP contribution in [0.5, 0.6) is 0 Å². The summed E-state index contributed by atoms with van der Waals surface area (Å²) in [6, 6.07) is 10.9. The van der Waals surface area contributed by atoms with Crippen molar-refractivity contribution in [3.05, 3.63) is 60.7 Å². The number of likely N-dealkylation sites (N-methyl/N-ethyl adjacent to an activating group) is 2. The van der Waals surface area contributed by atoms with E-state index < -0.39 is 144 Å². The monoisotopic (exact) mass is 1060 g/mol. The number of nitrogens with one attached hydrogen (secondary N) is 8. The molecule has 10 amide bonds. The maximum Gasteiger partial charge on any atom is 0.412 e. The fourth-order valence-corrected chi connectivity index (χ4v) is 10.1. The molecule has 2 aromatic rings. The van der Waals surface area contributed by atoms with Crippen LogP contribution in [0.2, 0.25) is 0 Å². The first-order valence-electron chi connectivity index (χ1n) is 25.6. The van der Waals surface area contributed by atoms with E-state index in [1.165, 1.54) is 19.6 Å². The normalized spacial score (nSPS) is 22.4. The van der Waals surface area contributed by atoms with Crippen molar-refractivity contribution in [2.75, 3.05) is 64.0 Å². The molecule has 0 aliphatic carbocycles. The van der Waals surface area contributed by atoms with Crippen LogP contribution in [0.15, 0.2) is 60.7 Å². The molecule has 4 fully saturated rings. The summed E-state index contributed by atoms with van der Waals surface area (Å²) in [7, 11) is 3.24. The minimum Gasteiger partial charge on any atom is -0.442 e. The summed E-state index contributed by atoms with van der Waals surface area (Å²) in [6.45, 7) is 12.8. The molecule has 0 radical (unpaired) electrons. The van der Waals surface area contributed by atoms with E-state index >= 15 is 0 Å². The van der Waals surface area contributed by atoms with E-state index in [0.29, 0.717) is 11.4 Å². The Labute approximate surface area is 442 Å². The van der Waals surface area contributed by atoms with Crippen LogP contribution in [0.4, 0.5) is 21.0 Å². The molecule has 0 unspecified atom stereocenters. The van der Waals surface area contributed by atoms with Crippen molar-refractivity contribution >= 4 is 70.8 Å². The van der Waals surface area contributed by atoms with E-state index in [-0.39, 0.29) is 39.0 Å². The molecule has 24 heteroatoms. The zero-order valence-corrected chi connectivity index (χ0v) is 44.9. The molecule has 0 bridgehead atoms. The number of ether oxygens (including phenoxy) is 2. The highest BCUT2D eigenvalue weighted by Gasteiger charge is 2.57. The average molecular weight is 1060 g/mol. The van der Waals surface area contributed by atoms with Crippen molar-refractivity contribution in [3.8, 4) is 0 Å². The minimum atomic E-state index is -1.23. The number of rotatable bonds is 16. The van der Waals surface area contributed by atoms with Crippen LogP contribution in [0.25, 0.3) is 0 Å². The lowest BCUT2D eigenvalue weighted by Gasteiger charge is -2.37. The van der Waals surface area contributed by atoms with Crippen molar-refractivity contribution in [3.63, 3.8) is 0 Å². The number of anilines is 2. The largest absolute Gasteiger partial charge is 0.442 e. The molecule has 4 saturated heterocycles. The van der Waals surface area contributed by atoms with E-state index in [2.05, 4.69) is 42.5 Å². The highest BCUT2D eigenvalue weighted by molar-refractivity contribution is 6.35. The third kappa shape index (κ3) is 13.7. The Morgan fingerprint density at radius 1 is 0.539 bits per heavy atom. The Hall–Kier alpha value is -7.34. The molecule has 8 N–H and O–H groups in total. The summed E-state index contributed by atoms with van der Waals surface area (Å²) in [6.07, 6.45) is -3.19. The number of para-hydroxylation sites is 2. The topological polar surface area (TPSA) is 298 Å².